The first kappa shape index (κ1) is 24.6. The van der Waals surface area contributed by atoms with E-state index in [4.69, 9.17) is 11.6 Å². The van der Waals surface area contributed by atoms with E-state index in [1.165, 1.54) is 4.90 Å². The Bertz CT molecular complexity index is 1080. The molecule has 4 N–H and O–H groups in total. The topological polar surface area (TPSA) is 102 Å². The zero-order valence-electron chi connectivity index (χ0n) is 18.8. The number of thioether (sulfide) groups is 1. The summed E-state index contributed by atoms with van der Waals surface area (Å²) in [6, 6.07) is 14.7. The molecule has 2 aromatic rings. The molecule has 2 unspecified atom stereocenters. The molecule has 7 nitrogen and oxygen atoms in total. The lowest BCUT2D eigenvalue weighted by Crippen LogP contribution is -2.50. The fraction of sp³-hybridized carbons (Fsp3) is 0.360. The quantitative estimate of drug-likeness (QED) is 0.465. The van der Waals surface area contributed by atoms with Gasteiger partial charge >= 0.3 is 0 Å². The first-order valence-electron chi connectivity index (χ1n) is 11.2. The number of nitrogens with zero attached hydrogens (tertiary/aromatic N) is 1. The van der Waals surface area contributed by atoms with Gasteiger partial charge in [0.2, 0.25) is 0 Å². The van der Waals surface area contributed by atoms with Crippen LogP contribution in [0.4, 0.5) is 0 Å². The maximum absolute atomic E-state index is 12.9. The third-order valence-corrected chi connectivity index (χ3v) is 7.20. The highest BCUT2D eigenvalue weighted by atomic mass is 35.5. The van der Waals surface area contributed by atoms with Gasteiger partial charge in [-0.15, -0.1) is 11.8 Å². The molecular formula is C25H28ClN3O4S. The number of aliphatic hydroxyl groups is 2. The van der Waals surface area contributed by atoms with Gasteiger partial charge in [0.1, 0.15) is 0 Å². The summed E-state index contributed by atoms with van der Waals surface area (Å²) in [6.07, 6.45) is -2.22. The number of carbonyl (C=O) groups excluding carboxylic acids is 2. The van der Waals surface area contributed by atoms with Crippen LogP contribution in [-0.2, 0) is 16.1 Å². The smallest absolute Gasteiger partial charge is 0.255 e. The van der Waals surface area contributed by atoms with Crippen molar-refractivity contribution in [3.63, 3.8) is 0 Å². The van der Waals surface area contributed by atoms with Crippen LogP contribution in [0.5, 0.6) is 0 Å². The molecule has 0 aliphatic carbocycles. The number of likely N-dealkylation sites (tertiary alicyclic amines) is 1. The monoisotopic (exact) mass is 501 g/mol. The first-order chi connectivity index (χ1) is 16.3. The van der Waals surface area contributed by atoms with Crippen LogP contribution in [-0.4, -0.2) is 51.1 Å². The predicted octanol–water partition coefficient (Wildman–Crippen LogP) is 3.02. The second kappa shape index (κ2) is 10.8. The van der Waals surface area contributed by atoms with E-state index in [0.29, 0.717) is 16.9 Å². The molecular weight excluding hydrogens is 474 g/mol. The number of carbonyl (C=O) groups is 2. The summed E-state index contributed by atoms with van der Waals surface area (Å²) in [7, 11) is 0. The maximum Gasteiger partial charge on any atom is 0.255 e. The highest BCUT2D eigenvalue weighted by Crippen LogP contribution is 2.33. The van der Waals surface area contributed by atoms with Gasteiger partial charge in [0, 0.05) is 23.8 Å². The van der Waals surface area contributed by atoms with Crippen LogP contribution in [0.25, 0.3) is 5.70 Å². The molecule has 4 atom stereocenters. The number of aliphatic hydroxyl groups excluding tert-OH is 2. The van der Waals surface area contributed by atoms with Crippen molar-refractivity contribution in [3.05, 3.63) is 75.7 Å². The van der Waals surface area contributed by atoms with E-state index < -0.39 is 24.0 Å². The van der Waals surface area contributed by atoms with Gasteiger partial charge in [-0.05, 0) is 54.0 Å². The summed E-state index contributed by atoms with van der Waals surface area (Å²) in [4.78, 5) is 26.9. The SMILES string of the molecule is CC1NC(c2ccc(CNC(=O)[C@H](O)[C@@H](O)C(=O)N3CCCC3c3cccc(Cl)c3)cc2)=CS1. The molecule has 2 heterocycles. The van der Waals surface area contributed by atoms with Gasteiger partial charge in [-0.25, -0.2) is 0 Å². The Morgan fingerprint density at radius 1 is 1.21 bits per heavy atom. The largest absolute Gasteiger partial charge is 0.380 e. The van der Waals surface area contributed by atoms with Crippen molar-refractivity contribution < 1.29 is 19.8 Å². The van der Waals surface area contributed by atoms with Crippen LogP contribution in [0.1, 0.15) is 42.5 Å². The van der Waals surface area contributed by atoms with Gasteiger partial charge < -0.3 is 25.7 Å². The van der Waals surface area contributed by atoms with Crippen molar-refractivity contribution in [1.29, 1.82) is 0 Å². The zero-order valence-corrected chi connectivity index (χ0v) is 20.4. The molecule has 1 fully saturated rings. The van der Waals surface area contributed by atoms with Crippen molar-refractivity contribution in [3.8, 4) is 0 Å². The summed E-state index contributed by atoms with van der Waals surface area (Å²) < 4.78 is 0. The predicted molar refractivity (Wildman–Crippen MR) is 134 cm³/mol. The number of halogens is 1. The van der Waals surface area contributed by atoms with E-state index in [0.717, 1.165) is 35.2 Å². The third-order valence-electron chi connectivity index (χ3n) is 6.07. The molecule has 2 aromatic carbocycles. The van der Waals surface area contributed by atoms with E-state index in [1.807, 2.05) is 36.4 Å². The number of hydrogen-bond acceptors (Lipinski definition) is 6. The minimum Gasteiger partial charge on any atom is -0.380 e. The molecule has 2 aliphatic rings. The molecule has 2 aliphatic heterocycles. The number of benzene rings is 2. The Balaban J connectivity index is 1.32. The molecule has 9 heteroatoms. The summed E-state index contributed by atoms with van der Waals surface area (Å²) >= 11 is 7.80. The minimum absolute atomic E-state index is 0.170. The molecule has 180 valence electrons. The third kappa shape index (κ3) is 5.58. The van der Waals surface area contributed by atoms with Gasteiger partial charge in [0.15, 0.2) is 12.2 Å². The Hall–Kier alpha value is -2.52. The van der Waals surface area contributed by atoms with Crippen molar-refractivity contribution in [2.75, 3.05) is 6.54 Å². The van der Waals surface area contributed by atoms with E-state index in [-0.39, 0.29) is 12.6 Å². The zero-order chi connectivity index (χ0) is 24.2. The van der Waals surface area contributed by atoms with Crippen molar-refractivity contribution in [1.82, 2.24) is 15.5 Å². The van der Waals surface area contributed by atoms with Crippen LogP contribution in [0, 0.1) is 0 Å². The van der Waals surface area contributed by atoms with Crippen LogP contribution >= 0.6 is 23.4 Å². The van der Waals surface area contributed by atoms with E-state index >= 15 is 0 Å². The molecule has 0 saturated carbocycles. The molecule has 0 spiro atoms. The minimum atomic E-state index is -1.86. The van der Waals surface area contributed by atoms with Gasteiger partial charge in [-0.1, -0.05) is 48.0 Å². The van der Waals surface area contributed by atoms with Gasteiger partial charge in [0.05, 0.1) is 11.4 Å². The fourth-order valence-electron chi connectivity index (χ4n) is 4.24. The second-order valence-electron chi connectivity index (χ2n) is 8.50. The number of rotatable bonds is 7. The maximum atomic E-state index is 12.9. The Kier molecular flexibility index (Phi) is 7.83. The van der Waals surface area contributed by atoms with E-state index in [2.05, 4.69) is 23.0 Å². The molecule has 34 heavy (non-hydrogen) atoms. The normalized spacial score (nSPS) is 21.5. The summed E-state index contributed by atoms with van der Waals surface area (Å²) in [5.41, 5.74) is 3.81. The van der Waals surface area contributed by atoms with Crippen molar-refractivity contribution in [2.24, 2.45) is 0 Å². The molecule has 1 saturated heterocycles. The van der Waals surface area contributed by atoms with Gasteiger partial charge in [-0.2, -0.15) is 0 Å². The number of hydrogen-bond donors (Lipinski definition) is 4. The van der Waals surface area contributed by atoms with Gasteiger partial charge in [0.25, 0.3) is 11.8 Å². The van der Waals surface area contributed by atoms with Crippen LogP contribution in [0.15, 0.2) is 53.9 Å². The highest BCUT2D eigenvalue weighted by molar-refractivity contribution is 8.03. The molecule has 0 aromatic heterocycles. The Morgan fingerprint density at radius 2 is 1.97 bits per heavy atom. The highest BCUT2D eigenvalue weighted by Gasteiger charge is 2.38. The molecule has 2 amide bonds. The lowest BCUT2D eigenvalue weighted by Gasteiger charge is -2.28. The lowest BCUT2D eigenvalue weighted by molar-refractivity contribution is -0.153. The van der Waals surface area contributed by atoms with E-state index in [1.54, 1.807) is 23.9 Å². The van der Waals surface area contributed by atoms with Crippen LogP contribution < -0.4 is 10.6 Å². The average molecular weight is 502 g/mol. The Morgan fingerprint density at radius 3 is 2.65 bits per heavy atom. The standard InChI is InChI=1S/C25H28ClN3O4S/c1-15-28-20(14-34-15)17-9-7-16(8-10-17)13-27-24(32)22(30)23(31)25(33)29-11-3-6-21(29)18-4-2-5-19(26)12-18/h2,4-5,7-10,12,14-15,21-23,28,30-31H,3,6,11,13H2,1H3,(H,27,32)/t15?,21?,22-,23-/m1/s1. The number of amides is 2. The summed E-state index contributed by atoms with van der Waals surface area (Å²) in [6.45, 7) is 2.70. The van der Waals surface area contributed by atoms with Gasteiger partial charge in [-0.3, -0.25) is 9.59 Å². The summed E-state index contributed by atoms with van der Waals surface area (Å²) in [5, 5.41) is 29.8. The Labute approximate surface area is 208 Å². The molecule has 0 bridgehead atoms. The average Bonchev–Trinajstić information content (AvgIpc) is 3.51. The second-order valence-corrected chi connectivity index (χ2v) is 10.2. The first-order valence-corrected chi connectivity index (χ1v) is 12.6. The summed E-state index contributed by atoms with van der Waals surface area (Å²) in [5.74, 6) is -1.47. The number of nitrogens with one attached hydrogen (secondary N) is 2. The van der Waals surface area contributed by atoms with E-state index in [9.17, 15) is 19.8 Å². The van der Waals surface area contributed by atoms with Crippen molar-refractivity contribution >= 4 is 40.9 Å². The molecule has 0 radical (unpaired) electrons. The molecule has 4 rings (SSSR count). The van der Waals surface area contributed by atoms with Crippen LogP contribution in [0.3, 0.4) is 0 Å². The fourth-order valence-corrected chi connectivity index (χ4v) is 5.18. The van der Waals surface area contributed by atoms with Crippen LogP contribution in [0.2, 0.25) is 5.02 Å². The van der Waals surface area contributed by atoms with Crippen molar-refractivity contribution in [2.45, 2.75) is 49.9 Å². The lowest BCUT2D eigenvalue weighted by atomic mass is 10.0.